The molecule has 6 nitrogen and oxygen atoms in total. The fourth-order valence-electron chi connectivity index (χ4n) is 2.92. The first kappa shape index (κ1) is 22.0. The summed E-state index contributed by atoms with van der Waals surface area (Å²) in [6.07, 6.45) is 4.93. The molecule has 0 unspecified atom stereocenters. The molecule has 6 heteroatoms. The Labute approximate surface area is 140 Å². The summed E-state index contributed by atoms with van der Waals surface area (Å²) in [6, 6.07) is 0. The predicted molar refractivity (Wildman–Crippen MR) is 93.0 cm³/mol. The lowest BCUT2D eigenvalue weighted by Crippen LogP contribution is -2.53. The third kappa shape index (κ3) is 10.4. The van der Waals surface area contributed by atoms with Gasteiger partial charge in [0.1, 0.15) is 5.78 Å². The van der Waals surface area contributed by atoms with Gasteiger partial charge in [0.05, 0.1) is 19.6 Å². The molecule has 0 aliphatic heterocycles. The lowest BCUT2D eigenvalue weighted by Gasteiger charge is -2.38. The molecular weight excluding hydrogens is 294 g/mol. The van der Waals surface area contributed by atoms with Gasteiger partial charge in [0, 0.05) is 18.8 Å². The Kier molecular flexibility index (Phi) is 11.9. The maximum Gasteiger partial charge on any atom is 0.359 e. The van der Waals surface area contributed by atoms with Gasteiger partial charge in [-0.3, -0.25) is 4.79 Å². The molecule has 0 aromatic carbocycles. The number of aliphatic carboxylic acids is 1. The molecule has 0 amide bonds. The van der Waals surface area contributed by atoms with Crippen LogP contribution in [-0.4, -0.2) is 60.6 Å². The van der Waals surface area contributed by atoms with Crippen molar-refractivity contribution in [2.24, 2.45) is 17.4 Å². The van der Waals surface area contributed by atoms with Crippen molar-refractivity contribution < 1.29 is 19.2 Å². The van der Waals surface area contributed by atoms with Crippen LogP contribution in [-0.2, 0) is 9.59 Å². The number of unbranched alkanes of at least 4 members (excludes halogenated alkanes) is 2. The highest BCUT2D eigenvalue weighted by molar-refractivity contribution is 5.80. The van der Waals surface area contributed by atoms with Gasteiger partial charge in [0.25, 0.3) is 0 Å². The van der Waals surface area contributed by atoms with Gasteiger partial charge in [-0.05, 0) is 38.8 Å². The topological polar surface area (TPSA) is 106 Å². The molecule has 0 aromatic rings. The van der Waals surface area contributed by atoms with Crippen molar-refractivity contribution in [3.63, 3.8) is 0 Å². The molecule has 0 bridgehead atoms. The van der Waals surface area contributed by atoms with E-state index in [9.17, 15) is 14.7 Å². The second kappa shape index (κ2) is 12.4. The maximum absolute atomic E-state index is 11.8. The van der Waals surface area contributed by atoms with Crippen molar-refractivity contribution >= 4 is 11.8 Å². The van der Waals surface area contributed by atoms with Crippen LogP contribution in [0, 0.1) is 5.92 Å². The van der Waals surface area contributed by atoms with Gasteiger partial charge in [-0.25, -0.2) is 4.79 Å². The molecule has 0 aliphatic carbocycles. The van der Waals surface area contributed by atoms with Crippen LogP contribution in [0.25, 0.3) is 0 Å². The molecule has 136 valence electrons. The normalized spacial score (nSPS) is 11.9. The summed E-state index contributed by atoms with van der Waals surface area (Å²) in [5, 5.41) is 9.33. The summed E-state index contributed by atoms with van der Waals surface area (Å²) in [5.41, 5.74) is 11.1. The molecule has 0 heterocycles. The molecule has 0 radical (unpaired) electrons. The fraction of sp³-hybridized carbons (Fsp3) is 0.882. The van der Waals surface area contributed by atoms with Crippen LogP contribution in [0.5, 0.6) is 0 Å². The number of nitrogens with zero attached hydrogens (tertiary/aromatic N) is 1. The number of ketones is 1. The number of Topliss-reactive ketones (excluding diaryl/α,β-unsaturated/α-hetero) is 1. The van der Waals surface area contributed by atoms with E-state index in [1.807, 2.05) is 13.8 Å². The van der Waals surface area contributed by atoms with Crippen LogP contribution in [0.4, 0.5) is 0 Å². The van der Waals surface area contributed by atoms with E-state index in [1.54, 1.807) is 0 Å². The Morgan fingerprint density at radius 1 is 0.913 bits per heavy atom. The Bertz CT molecular complexity index is 336. The van der Waals surface area contributed by atoms with Crippen molar-refractivity contribution in [1.29, 1.82) is 0 Å². The number of hydrogen-bond acceptors (Lipinski definition) is 4. The van der Waals surface area contributed by atoms with E-state index in [1.165, 1.54) is 0 Å². The first-order chi connectivity index (χ1) is 10.9. The van der Waals surface area contributed by atoms with Crippen LogP contribution >= 0.6 is 0 Å². The number of carboxylic acid groups (broad SMARTS) is 1. The third-order valence-electron chi connectivity index (χ3n) is 4.34. The van der Waals surface area contributed by atoms with Gasteiger partial charge in [-0.2, -0.15) is 0 Å². The highest BCUT2D eigenvalue weighted by Crippen LogP contribution is 2.15. The van der Waals surface area contributed by atoms with Crippen LogP contribution in [0.3, 0.4) is 0 Å². The monoisotopic (exact) mass is 330 g/mol. The van der Waals surface area contributed by atoms with Crippen molar-refractivity contribution in [3.05, 3.63) is 0 Å². The van der Waals surface area contributed by atoms with E-state index >= 15 is 0 Å². The molecular formula is C17H36N3O3+. The van der Waals surface area contributed by atoms with Crippen LogP contribution in [0.1, 0.15) is 52.4 Å². The average Bonchev–Trinajstić information content (AvgIpc) is 2.47. The summed E-state index contributed by atoms with van der Waals surface area (Å²) in [6.45, 7) is 7.54. The summed E-state index contributed by atoms with van der Waals surface area (Å²) in [4.78, 5) is 23.2. The molecule has 5 N–H and O–H groups in total. The second-order valence-electron chi connectivity index (χ2n) is 6.78. The van der Waals surface area contributed by atoms with Crippen molar-refractivity contribution in [3.8, 4) is 0 Å². The molecule has 0 spiro atoms. The molecule has 0 rings (SSSR count). The minimum Gasteiger partial charge on any atom is -0.477 e. The molecule has 0 fully saturated rings. The number of hydrogen-bond donors (Lipinski definition) is 3. The van der Waals surface area contributed by atoms with Gasteiger partial charge in [0.15, 0.2) is 6.54 Å². The van der Waals surface area contributed by atoms with Gasteiger partial charge in [-0.15, -0.1) is 0 Å². The Morgan fingerprint density at radius 3 is 1.78 bits per heavy atom. The average molecular weight is 330 g/mol. The first-order valence-corrected chi connectivity index (χ1v) is 8.86. The SMILES string of the molecule is CC(C)C(=O)CCC[N+](CCCCN)(CCCCN)CC(=O)O. The van der Waals surface area contributed by atoms with E-state index in [0.29, 0.717) is 24.0 Å². The van der Waals surface area contributed by atoms with Gasteiger partial charge >= 0.3 is 5.97 Å². The fourth-order valence-corrected chi connectivity index (χ4v) is 2.92. The zero-order valence-electron chi connectivity index (χ0n) is 14.9. The van der Waals surface area contributed by atoms with E-state index in [-0.39, 0.29) is 18.2 Å². The molecule has 23 heavy (non-hydrogen) atoms. The maximum atomic E-state index is 11.8. The van der Waals surface area contributed by atoms with E-state index < -0.39 is 5.97 Å². The van der Waals surface area contributed by atoms with Crippen LogP contribution in [0.15, 0.2) is 0 Å². The van der Waals surface area contributed by atoms with Gasteiger partial charge in [-0.1, -0.05) is 13.8 Å². The minimum atomic E-state index is -0.777. The number of carbonyl (C=O) groups excluding carboxylic acids is 1. The summed E-state index contributed by atoms with van der Waals surface area (Å²) < 4.78 is 0.542. The molecule has 0 aliphatic rings. The van der Waals surface area contributed by atoms with E-state index in [2.05, 4.69) is 0 Å². The quantitative estimate of drug-likeness (QED) is 0.310. The van der Waals surface area contributed by atoms with Crippen LogP contribution < -0.4 is 11.5 Å². The Balaban J connectivity index is 4.78. The van der Waals surface area contributed by atoms with Crippen molar-refractivity contribution in [1.82, 2.24) is 0 Å². The number of quaternary nitrogens is 1. The van der Waals surface area contributed by atoms with Crippen molar-refractivity contribution in [2.75, 3.05) is 39.3 Å². The number of carboxylic acids is 1. The molecule has 0 saturated heterocycles. The highest BCUT2D eigenvalue weighted by atomic mass is 16.4. The van der Waals surface area contributed by atoms with Crippen molar-refractivity contribution in [2.45, 2.75) is 52.4 Å². The number of nitrogens with two attached hydrogens (primary N) is 2. The smallest absolute Gasteiger partial charge is 0.359 e. The zero-order valence-corrected chi connectivity index (χ0v) is 14.9. The lowest BCUT2D eigenvalue weighted by molar-refractivity contribution is -0.922. The Hall–Kier alpha value is -0.980. The van der Waals surface area contributed by atoms with Crippen LogP contribution in [0.2, 0.25) is 0 Å². The van der Waals surface area contributed by atoms with E-state index in [0.717, 1.165) is 51.7 Å². The lowest BCUT2D eigenvalue weighted by atomic mass is 10.0. The molecule has 0 saturated carbocycles. The third-order valence-corrected chi connectivity index (χ3v) is 4.34. The zero-order chi connectivity index (χ0) is 17.7. The number of carbonyl (C=O) groups is 2. The summed E-state index contributed by atoms with van der Waals surface area (Å²) in [7, 11) is 0. The largest absolute Gasteiger partial charge is 0.477 e. The van der Waals surface area contributed by atoms with Gasteiger partial charge < -0.3 is 21.1 Å². The van der Waals surface area contributed by atoms with Gasteiger partial charge in [0.2, 0.25) is 0 Å². The minimum absolute atomic E-state index is 0.0471. The summed E-state index contributed by atoms with van der Waals surface area (Å²) in [5.74, 6) is -0.478. The molecule has 0 aromatic heterocycles. The Morgan fingerprint density at radius 2 is 1.39 bits per heavy atom. The number of rotatable bonds is 15. The predicted octanol–water partition coefficient (Wildman–Crippen LogP) is 1.37. The second-order valence-corrected chi connectivity index (χ2v) is 6.78. The highest BCUT2D eigenvalue weighted by Gasteiger charge is 2.29. The first-order valence-electron chi connectivity index (χ1n) is 8.86. The standard InChI is InChI=1S/C17H35N3O3/c1-15(2)16(21)8-7-13-20(14-17(22)23,11-5-3-9-18)12-6-4-10-19/h15H,3-14,18-19H2,1-2H3/p+1. The summed E-state index contributed by atoms with van der Waals surface area (Å²) >= 11 is 0. The van der Waals surface area contributed by atoms with E-state index in [4.69, 9.17) is 11.5 Å². The molecule has 0 atom stereocenters.